The van der Waals surface area contributed by atoms with Crippen LogP contribution in [0.1, 0.15) is 29.9 Å². The normalized spacial score (nSPS) is 10.5. The maximum absolute atomic E-state index is 12.0. The predicted molar refractivity (Wildman–Crippen MR) is 83.1 cm³/mol. The van der Waals surface area contributed by atoms with Gasteiger partial charge in [0.2, 0.25) is 5.88 Å². The fourth-order valence-electron chi connectivity index (χ4n) is 1.66. The number of hydrogen-bond acceptors (Lipinski definition) is 4. The molecule has 2 aromatic rings. The first-order valence-electron chi connectivity index (χ1n) is 6.56. The van der Waals surface area contributed by atoms with E-state index in [0.717, 1.165) is 10.0 Å². The van der Waals surface area contributed by atoms with Crippen LogP contribution >= 0.6 is 15.9 Å². The summed E-state index contributed by atoms with van der Waals surface area (Å²) >= 11 is 3.28. The van der Waals surface area contributed by atoms with E-state index in [1.807, 2.05) is 26.0 Å². The third-order valence-corrected chi connectivity index (χ3v) is 3.07. The van der Waals surface area contributed by atoms with Crippen molar-refractivity contribution >= 4 is 21.8 Å². The van der Waals surface area contributed by atoms with Gasteiger partial charge in [0.05, 0.1) is 6.10 Å². The quantitative estimate of drug-likeness (QED) is 0.901. The third-order valence-electron chi connectivity index (χ3n) is 2.60. The Kier molecular flexibility index (Phi) is 5.27. The van der Waals surface area contributed by atoms with Crippen LogP contribution < -0.4 is 10.1 Å². The van der Waals surface area contributed by atoms with E-state index in [1.165, 1.54) is 0 Å². The van der Waals surface area contributed by atoms with Crippen LogP contribution in [0.25, 0.3) is 0 Å². The average molecular weight is 350 g/mol. The molecule has 0 atom stereocenters. The van der Waals surface area contributed by atoms with Gasteiger partial charge < -0.3 is 10.1 Å². The molecule has 0 saturated carbocycles. The summed E-state index contributed by atoms with van der Waals surface area (Å²) in [6, 6.07) is 7.13. The minimum absolute atomic E-state index is 0.0301. The van der Waals surface area contributed by atoms with Crippen molar-refractivity contribution in [2.75, 3.05) is 0 Å². The average Bonchev–Trinajstić information content (AvgIpc) is 2.46. The molecule has 0 bridgehead atoms. The molecule has 5 nitrogen and oxygen atoms in total. The molecule has 110 valence electrons. The fourth-order valence-corrected chi connectivity index (χ4v) is 1.90. The van der Waals surface area contributed by atoms with Gasteiger partial charge >= 0.3 is 0 Å². The highest BCUT2D eigenvalue weighted by molar-refractivity contribution is 9.10. The molecule has 6 heteroatoms. The number of carbonyl (C=O) groups is 1. The Morgan fingerprint density at radius 3 is 2.81 bits per heavy atom. The van der Waals surface area contributed by atoms with Gasteiger partial charge in [-0.25, -0.2) is 9.97 Å². The van der Waals surface area contributed by atoms with Gasteiger partial charge in [-0.3, -0.25) is 4.79 Å². The number of nitrogens with zero attached hydrogens (tertiary/aromatic N) is 2. The number of nitrogens with one attached hydrogen (secondary N) is 1. The largest absolute Gasteiger partial charge is 0.475 e. The standard InChI is InChI=1S/C15H16BrN3O2/c1-10(2)21-15-11(4-3-7-17-15)8-19-14(20)13-6-5-12(16)9-18-13/h3-7,9-10H,8H2,1-2H3,(H,19,20). The van der Waals surface area contributed by atoms with Crippen molar-refractivity contribution in [3.8, 4) is 5.88 Å². The minimum atomic E-state index is -0.234. The van der Waals surface area contributed by atoms with Crippen molar-refractivity contribution in [2.24, 2.45) is 0 Å². The molecule has 1 N–H and O–H groups in total. The first-order valence-corrected chi connectivity index (χ1v) is 7.36. The van der Waals surface area contributed by atoms with Gasteiger partial charge in [0.25, 0.3) is 5.91 Å². The lowest BCUT2D eigenvalue weighted by Gasteiger charge is -2.13. The maximum atomic E-state index is 12.0. The highest BCUT2D eigenvalue weighted by Crippen LogP contribution is 2.15. The van der Waals surface area contributed by atoms with E-state index in [4.69, 9.17) is 4.74 Å². The van der Waals surface area contributed by atoms with Gasteiger partial charge in [0.15, 0.2) is 0 Å². The van der Waals surface area contributed by atoms with E-state index in [1.54, 1.807) is 24.5 Å². The van der Waals surface area contributed by atoms with Crippen molar-refractivity contribution in [3.05, 3.63) is 52.4 Å². The van der Waals surface area contributed by atoms with Crippen LogP contribution in [0.3, 0.4) is 0 Å². The van der Waals surface area contributed by atoms with Crippen LogP contribution in [0, 0.1) is 0 Å². The summed E-state index contributed by atoms with van der Waals surface area (Å²) in [5, 5.41) is 2.81. The van der Waals surface area contributed by atoms with Gasteiger partial charge in [-0.1, -0.05) is 6.07 Å². The highest BCUT2D eigenvalue weighted by Gasteiger charge is 2.10. The molecule has 0 aliphatic heterocycles. The fraction of sp³-hybridized carbons (Fsp3) is 0.267. The van der Waals surface area contributed by atoms with E-state index in [2.05, 4.69) is 31.2 Å². The number of carbonyl (C=O) groups excluding carboxylic acids is 1. The van der Waals surface area contributed by atoms with Gasteiger partial charge in [-0.05, 0) is 48.0 Å². The van der Waals surface area contributed by atoms with E-state index >= 15 is 0 Å². The lowest BCUT2D eigenvalue weighted by Crippen LogP contribution is -2.24. The number of pyridine rings is 2. The smallest absolute Gasteiger partial charge is 0.270 e. The van der Waals surface area contributed by atoms with Gasteiger partial charge in [-0.15, -0.1) is 0 Å². The SMILES string of the molecule is CC(C)Oc1ncccc1CNC(=O)c1ccc(Br)cn1. The van der Waals surface area contributed by atoms with Crippen LogP contribution in [-0.4, -0.2) is 22.0 Å². The molecular weight excluding hydrogens is 334 g/mol. The van der Waals surface area contributed by atoms with Gasteiger partial charge in [-0.2, -0.15) is 0 Å². The summed E-state index contributed by atoms with van der Waals surface area (Å²) in [7, 11) is 0. The molecule has 0 unspecified atom stereocenters. The van der Waals surface area contributed by atoms with E-state index in [-0.39, 0.29) is 12.0 Å². The Labute approximate surface area is 131 Å². The Morgan fingerprint density at radius 1 is 1.33 bits per heavy atom. The summed E-state index contributed by atoms with van der Waals surface area (Å²) in [5.41, 5.74) is 1.20. The summed E-state index contributed by atoms with van der Waals surface area (Å²) in [5.74, 6) is 0.304. The summed E-state index contributed by atoms with van der Waals surface area (Å²) < 4.78 is 6.45. The molecule has 0 fully saturated rings. The molecule has 0 aliphatic rings. The van der Waals surface area contributed by atoms with Crippen LogP contribution in [-0.2, 0) is 6.54 Å². The highest BCUT2D eigenvalue weighted by atomic mass is 79.9. The second-order valence-electron chi connectivity index (χ2n) is 4.68. The Hall–Kier alpha value is -1.95. The second-order valence-corrected chi connectivity index (χ2v) is 5.59. The third kappa shape index (κ3) is 4.53. The Balaban J connectivity index is 2.02. The molecule has 2 aromatic heterocycles. The molecule has 2 heterocycles. The summed E-state index contributed by atoms with van der Waals surface area (Å²) in [4.78, 5) is 20.3. The van der Waals surface area contributed by atoms with E-state index in [9.17, 15) is 4.79 Å². The number of amides is 1. The van der Waals surface area contributed by atoms with Crippen LogP contribution in [0.15, 0.2) is 41.1 Å². The minimum Gasteiger partial charge on any atom is -0.475 e. The molecule has 2 rings (SSSR count). The number of ether oxygens (including phenoxy) is 1. The van der Waals surface area contributed by atoms with Crippen molar-refractivity contribution in [1.82, 2.24) is 15.3 Å². The molecule has 0 saturated heterocycles. The second kappa shape index (κ2) is 7.17. The van der Waals surface area contributed by atoms with E-state index < -0.39 is 0 Å². The zero-order valence-electron chi connectivity index (χ0n) is 11.8. The summed E-state index contributed by atoms with van der Waals surface area (Å²) in [6.45, 7) is 4.21. The van der Waals surface area contributed by atoms with Gasteiger partial charge in [0, 0.05) is 29.0 Å². The first kappa shape index (κ1) is 15.4. The van der Waals surface area contributed by atoms with Crippen molar-refractivity contribution in [2.45, 2.75) is 26.5 Å². The zero-order valence-corrected chi connectivity index (χ0v) is 13.4. The molecular formula is C15H16BrN3O2. The number of rotatable bonds is 5. The zero-order chi connectivity index (χ0) is 15.2. The Morgan fingerprint density at radius 2 is 2.14 bits per heavy atom. The monoisotopic (exact) mass is 349 g/mol. The lowest BCUT2D eigenvalue weighted by molar-refractivity contribution is 0.0945. The molecule has 0 radical (unpaired) electrons. The molecule has 1 amide bonds. The lowest BCUT2D eigenvalue weighted by atomic mass is 10.2. The summed E-state index contributed by atoms with van der Waals surface area (Å²) in [6.07, 6.45) is 3.29. The van der Waals surface area contributed by atoms with Gasteiger partial charge in [0.1, 0.15) is 5.69 Å². The topological polar surface area (TPSA) is 64.1 Å². The van der Waals surface area contributed by atoms with Crippen LogP contribution in [0.2, 0.25) is 0 Å². The maximum Gasteiger partial charge on any atom is 0.270 e. The van der Waals surface area contributed by atoms with Crippen molar-refractivity contribution < 1.29 is 9.53 Å². The van der Waals surface area contributed by atoms with E-state index in [0.29, 0.717) is 18.1 Å². The Bertz CT molecular complexity index is 615. The number of aromatic nitrogens is 2. The molecule has 0 aromatic carbocycles. The van der Waals surface area contributed by atoms with Crippen LogP contribution in [0.5, 0.6) is 5.88 Å². The predicted octanol–water partition coefficient (Wildman–Crippen LogP) is 2.96. The number of halogens is 1. The van der Waals surface area contributed by atoms with Crippen LogP contribution in [0.4, 0.5) is 0 Å². The molecule has 0 spiro atoms. The molecule has 0 aliphatic carbocycles. The molecule has 21 heavy (non-hydrogen) atoms. The first-order chi connectivity index (χ1) is 10.1. The van der Waals surface area contributed by atoms with Crippen molar-refractivity contribution in [1.29, 1.82) is 0 Å². The number of hydrogen-bond donors (Lipinski definition) is 1. The van der Waals surface area contributed by atoms with Crippen molar-refractivity contribution in [3.63, 3.8) is 0 Å².